The number of rotatable bonds is 7. The standard InChI is InChI=1S/C11H15N3O4/c15-10(16)8-14-11(17)18-7-3-6-13-9-4-1-2-5-12-9/h1-2,4-5H,3,6-8H2,(H,12,13)(H,14,17)(H,15,16)/p-1. The molecule has 0 aliphatic rings. The molecule has 7 heteroatoms. The normalized spacial score (nSPS) is 9.56. The maximum Gasteiger partial charge on any atom is 0.407 e. The van der Waals surface area contributed by atoms with Crippen molar-refractivity contribution in [1.29, 1.82) is 0 Å². The van der Waals surface area contributed by atoms with Crippen LogP contribution in [0.4, 0.5) is 10.6 Å². The lowest BCUT2D eigenvalue weighted by Crippen LogP contribution is -2.38. The number of hydrogen-bond donors (Lipinski definition) is 2. The number of aromatic nitrogens is 1. The molecule has 0 aromatic carbocycles. The highest BCUT2D eigenvalue weighted by atomic mass is 16.5. The highest BCUT2D eigenvalue weighted by Gasteiger charge is 2.00. The van der Waals surface area contributed by atoms with Gasteiger partial charge in [-0.3, -0.25) is 0 Å². The van der Waals surface area contributed by atoms with Gasteiger partial charge in [0.2, 0.25) is 0 Å². The number of ether oxygens (including phenoxy) is 1. The third-order valence-electron chi connectivity index (χ3n) is 1.90. The topological polar surface area (TPSA) is 103 Å². The molecule has 1 aromatic heterocycles. The van der Waals surface area contributed by atoms with Crippen molar-refractivity contribution in [1.82, 2.24) is 10.3 Å². The number of anilines is 1. The van der Waals surface area contributed by atoms with E-state index in [4.69, 9.17) is 4.74 Å². The zero-order chi connectivity index (χ0) is 13.2. The lowest BCUT2D eigenvalue weighted by Gasteiger charge is -2.08. The molecule has 0 unspecified atom stereocenters. The van der Waals surface area contributed by atoms with Crippen LogP contribution in [-0.2, 0) is 9.53 Å². The summed E-state index contributed by atoms with van der Waals surface area (Å²) in [5.41, 5.74) is 0. The zero-order valence-electron chi connectivity index (χ0n) is 9.72. The SMILES string of the molecule is O=C([O-])CNC(=O)OCCCNc1ccccn1. The first-order valence-electron chi connectivity index (χ1n) is 5.44. The van der Waals surface area contributed by atoms with Gasteiger partial charge in [0.05, 0.1) is 19.1 Å². The molecule has 7 nitrogen and oxygen atoms in total. The van der Waals surface area contributed by atoms with Crippen LogP contribution in [-0.4, -0.2) is 36.7 Å². The number of aliphatic carboxylic acids is 1. The molecule has 1 aromatic rings. The largest absolute Gasteiger partial charge is 0.548 e. The van der Waals surface area contributed by atoms with Gasteiger partial charge in [-0.2, -0.15) is 0 Å². The van der Waals surface area contributed by atoms with E-state index in [1.54, 1.807) is 6.20 Å². The Morgan fingerprint density at radius 3 is 2.89 bits per heavy atom. The summed E-state index contributed by atoms with van der Waals surface area (Å²) in [6.07, 6.45) is 1.50. The highest BCUT2D eigenvalue weighted by Crippen LogP contribution is 1.99. The van der Waals surface area contributed by atoms with Crippen molar-refractivity contribution in [2.24, 2.45) is 0 Å². The first kappa shape index (κ1) is 13.8. The van der Waals surface area contributed by atoms with Crippen molar-refractivity contribution in [3.63, 3.8) is 0 Å². The number of pyridine rings is 1. The average molecular weight is 252 g/mol. The number of hydrogen-bond acceptors (Lipinski definition) is 6. The molecular weight excluding hydrogens is 238 g/mol. The number of carboxylic acid groups (broad SMARTS) is 1. The Morgan fingerprint density at radius 1 is 1.39 bits per heavy atom. The predicted octanol–water partition coefficient (Wildman–Crippen LogP) is -0.640. The summed E-state index contributed by atoms with van der Waals surface area (Å²) in [6.45, 7) is 0.245. The van der Waals surface area contributed by atoms with Gasteiger partial charge in [-0.15, -0.1) is 0 Å². The monoisotopic (exact) mass is 252 g/mol. The molecule has 0 aliphatic heterocycles. The van der Waals surface area contributed by atoms with E-state index in [0.717, 1.165) is 5.82 Å². The molecule has 0 radical (unpaired) electrons. The van der Waals surface area contributed by atoms with Gasteiger partial charge >= 0.3 is 6.09 Å². The van der Waals surface area contributed by atoms with Crippen LogP contribution in [0, 0.1) is 0 Å². The van der Waals surface area contributed by atoms with E-state index in [0.29, 0.717) is 13.0 Å². The van der Waals surface area contributed by atoms with Gasteiger partial charge in [0, 0.05) is 12.7 Å². The molecule has 1 amide bonds. The Kier molecular flexibility index (Phi) is 6.02. The van der Waals surface area contributed by atoms with Crippen molar-refractivity contribution >= 4 is 17.9 Å². The van der Waals surface area contributed by atoms with E-state index in [-0.39, 0.29) is 6.61 Å². The first-order valence-corrected chi connectivity index (χ1v) is 5.44. The average Bonchev–Trinajstić information content (AvgIpc) is 2.37. The second kappa shape index (κ2) is 7.88. The summed E-state index contributed by atoms with van der Waals surface area (Å²) in [5, 5.41) is 15.1. The fourth-order valence-corrected chi connectivity index (χ4v) is 1.12. The molecule has 0 saturated carbocycles. The number of nitrogens with one attached hydrogen (secondary N) is 2. The number of alkyl carbamates (subject to hydrolysis) is 1. The summed E-state index contributed by atoms with van der Waals surface area (Å²) >= 11 is 0. The molecule has 0 spiro atoms. The highest BCUT2D eigenvalue weighted by molar-refractivity contribution is 5.75. The smallest absolute Gasteiger partial charge is 0.407 e. The number of amides is 1. The van der Waals surface area contributed by atoms with Crippen molar-refractivity contribution < 1.29 is 19.4 Å². The van der Waals surface area contributed by atoms with Crippen molar-refractivity contribution in [2.75, 3.05) is 25.0 Å². The molecule has 0 bridgehead atoms. The zero-order valence-corrected chi connectivity index (χ0v) is 9.72. The van der Waals surface area contributed by atoms with E-state index >= 15 is 0 Å². The van der Waals surface area contributed by atoms with Gasteiger partial charge < -0.3 is 25.3 Å². The molecule has 18 heavy (non-hydrogen) atoms. The first-order chi connectivity index (χ1) is 8.68. The molecule has 98 valence electrons. The van der Waals surface area contributed by atoms with Crippen LogP contribution in [0.5, 0.6) is 0 Å². The maximum atomic E-state index is 10.9. The molecule has 0 fully saturated rings. The van der Waals surface area contributed by atoms with Gasteiger partial charge in [0.15, 0.2) is 0 Å². The van der Waals surface area contributed by atoms with Gasteiger partial charge in [0.25, 0.3) is 0 Å². The predicted molar refractivity (Wildman–Crippen MR) is 61.7 cm³/mol. The van der Waals surface area contributed by atoms with E-state index in [9.17, 15) is 14.7 Å². The van der Waals surface area contributed by atoms with Crippen LogP contribution in [0.15, 0.2) is 24.4 Å². The number of carbonyl (C=O) groups excluding carboxylic acids is 2. The Morgan fingerprint density at radius 2 is 2.22 bits per heavy atom. The minimum atomic E-state index is -1.36. The van der Waals surface area contributed by atoms with Crippen molar-refractivity contribution in [3.05, 3.63) is 24.4 Å². The lowest BCUT2D eigenvalue weighted by molar-refractivity contribution is -0.303. The fourth-order valence-electron chi connectivity index (χ4n) is 1.12. The van der Waals surface area contributed by atoms with Gasteiger partial charge in [-0.25, -0.2) is 9.78 Å². The second-order valence-electron chi connectivity index (χ2n) is 3.36. The van der Waals surface area contributed by atoms with E-state index < -0.39 is 18.6 Å². The molecule has 0 saturated heterocycles. The van der Waals surface area contributed by atoms with Crippen LogP contribution in [0.2, 0.25) is 0 Å². The Balaban J connectivity index is 2.02. The van der Waals surface area contributed by atoms with Crippen LogP contribution in [0.25, 0.3) is 0 Å². The summed E-state index contributed by atoms with van der Waals surface area (Å²) in [7, 11) is 0. The van der Waals surface area contributed by atoms with Gasteiger partial charge in [-0.05, 0) is 18.6 Å². The van der Waals surface area contributed by atoms with E-state index in [1.807, 2.05) is 23.5 Å². The summed E-state index contributed by atoms with van der Waals surface area (Å²) in [6, 6.07) is 5.50. The van der Waals surface area contributed by atoms with Gasteiger partial charge in [-0.1, -0.05) is 6.07 Å². The lowest BCUT2D eigenvalue weighted by atomic mass is 10.4. The number of carboxylic acids is 1. The second-order valence-corrected chi connectivity index (χ2v) is 3.36. The van der Waals surface area contributed by atoms with Crippen LogP contribution >= 0.6 is 0 Å². The molecule has 2 N–H and O–H groups in total. The minimum Gasteiger partial charge on any atom is -0.548 e. The fraction of sp³-hybridized carbons (Fsp3) is 0.364. The van der Waals surface area contributed by atoms with Crippen molar-refractivity contribution in [3.8, 4) is 0 Å². The molecule has 0 aliphatic carbocycles. The molecule has 1 heterocycles. The van der Waals surface area contributed by atoms with Crippen LogP contribution < -0.4 is 15.7 Å². The third-order valence-corrected chi connectivity index (χ3v) is 1.90. The quantitative estimate of drug-likeness (QED) is 0.626. The molecular formula is C11H14N3O4-. The maximum absolute atomic E-state index is 10.9. The summed E-state index contributed by atoms with van der Waals surface area (Å²) in [5.74, 6) is -0.609. The van der Waals surface area contributed by atoms with Gasteiger partial charge in [0.1, 0.15) is 5.82 Å². The van der Waals surface area contributed by atoms with Crippen LogP contribution in [0.3, 0.4) is 0 Å². The minimum absolute atomic E-state index is 0.193. The number of carbonyl (C=O) groups is 2. The molecule has 1 rings (SSSR count). The van der Waals surface area contributed by atoms with E-state index in [2.05, 4.69) is 10.3 Å². The Bertz CT molecular complexity index is 383. The van der Waals surface area contributed by atoms with Crippen LogP contribution in [0.1, 0.15) is 6.42 Å². The Hall–Kier alpha value is -2.31. The Labute approximate surface area is 104 Å². The summed E-state index contributed by atoms with van der Waals surface area (Å²) in [4.78, 5) is 25.0. The number of nitrogens with zero attached hydrogens (tertiary/aromatic N) is 1. The summed E-state index contributed by atoms with van der Waals surface area (Å²) < 4.78 is 4.73. The van der Waals surface area contributed by atoms with E-state index in [1.165, 1.54) is 0 Å². The van der Waals surface area contributed by atoms with Crippen molar-refractivity contribution in [2.45, 2.75) is 6.42 Å². The third kappa shape index (κ3) is 6.31. The molecule has 0 atom stereocenters.